The third kappa shape index (κ3) is 2.46. The topological polar surface area (TPSA) is 20.3 Å². The summed E-state index contributed by atoms with van der Waals surface area (Å²) in [5.41, 5.74) is 1.15. The molecule has 1 atom stereocenters. The number of thioether (sulfide) groups is 1. The van der Waals surface area contributed by atoms with Crippen LogP contribution in [0.4, 0.5) is 5.69 Å². The Kier molecular flexibility index (Phi) is 3.44. The average molecular weight is 287 g/mol. The summed E-state index contributed by atoms with van der Waals surface area (Å²) in [4.78, 5) is 4.02. The fraction of sp³-hybridized carbons (Fsp3) is 0.0667. The van der Waals surface area contributed by atoms with E-state index in [0.717, 1.165) is 19.7 Å². The maximum absolute atomic E-state index is 12.6. The van der Waals surface area contributed by atoms with Gasteiger partial charge in [-0.3, -0.25) is 0 Å². The summed E-state index contributed by atoms with van der Waals surface area (Å²) in [6.07, 6.45) is 1.95. The molecule has 1 aliphatic heterocycles. The number of hydrogen-bond donors (Lipinski definition) is 0. The lowest BCUT2D eigenvalue weighted by atomic mass is 10.3. The van der Waals surface area contributed by atoms with E-state index in [9.17, 15) is 4.21 Å². The monoisotopic (exact) mass is 287 g/mol. The standard InChI is InChI=1S/C15H13NOS2/c1-16-11-15(18-14-10-6-5-9-13(14)16)19(17)12-7-3-2-4-8-12/h2-11H,1H3. The summed E-state index contributed by atoms with van der Waals surface area (Å²) in [5.74, 6) is 0. The van der Waals surface area contributed by atoms with Crippen LogP contribution in [0.15, 0.2) is 74.8 Å². The Balaban J connectivity index is 1.94. The highest BCUT2D eigenvalue weighted by molar-refractivity contribution is 8.16. The third-order valence-corrected chi connectivity index (χ3v) is 5.64. The van der Waals surface area contributed by atoms with Gasteiger partial charge in [0.2, 0.25) is 0 Å². The van der Waals surface area contributed by atoms with Crippen molar-refractivity contribution in [2.45, 2.75) is 9.79 Å². The van der Waals surface area contributed by atoms with Crippen LogP contribution in [-0.2, 0) is 10.8 Å². The van der Waals surface area contributed by atoms with Gasteiger partial charge in [-0.15, -0.1) is 0 Å². The first-order chi connectivity index (χ1) is 9.25. The Morgan fingerprint density at radius 2 is 1.68 bits per heavy atom. The molecule has 0 fully saturated rings. The lowest BCUT2D eigenvalue weighted by Crippen LogP contribution is -2.14. The fourth-order valence-corrected chi connectivity index (χ4v) is 4.59. The van der Waals surface area contributed by atoms with Gasteiger partial charge in [-0.05, 0) is 24.3 Å². The van der Waals surface area contributed by atoms with E-state index in [1.807, 2.05) is 60.6 Å². The van der Waals surface area contributed by atoms with Crippen molar-refractivity contribution >= 4 is 28.2 Å². The maximum atomic E-state index is 12.6. The van der Waals surface area contributed by atoms with E-state index in [-0.39, 0.29) is 0 Å². The lowest BCUT2D eigenvalue weighted by molar-refractivity contribution is 0.688. The fourth-order valence-electron chi connectivity index (χ4n) is 1.94. The lowest BCUT2D eigenvalue weighted by Gasteiger charge is -2.24. The van der Waals surface area contributed by atoms with Crippen molar-refractivity contribution in [1.29, 1.82) is 0 Å². The van der Waals surface area contributed by atoms with E-state index in [1.54, 1.807) is 11.8 Å². The van der Waals surface area contributed by atoms with Gasteiger partial charge in [0.1, 0.15) is 0 Å². The quantitative estimate of drug-likeness (QED) is 0.837. The van der Waals surface area contributed by atoms with Gasteiger partial charge in [0.15, 0.2) is 0 Å². The molecule has 1 heterocycles. The highest BCUT2D eigenvalue weighted by Gasteiger charge is 2.20. The summed E-state index contributed by atoms with van der Waals surface area (Å²) in [7, 11) is 0.871. The molecule has 0 N–H and O–H groups in total. The van der Waals surface area contributed by atoms with Crippen LogP contribution in [0, 0.1) is 0 Å². The van der Waals surface area contributed by atoms with Gasteiger partial charge in [-0.1, -0.05) is 42.1 Å². The SMILES string of the molecule is CN1C=C(S(=O)c2ccccc2)Sc2ccccc21. The zero-order valence-corrected chi connectivity index (χ0v) is 12.1. The summed E-state index contributed by atoms with van der Waals surface area (Å²) >= 11 is 1.58. The number of benzene rings is 2. The van der Waals surface area contributed by atoms with E-state index in [2.05, 4.69) is 12.1 Å². The molecular weight excluding hydrogens is 274 g/mol. The molecule has 1 unspecified atom stereocenters. The second-order valence-electron chi connectivity index (χ2n) is 4.21. The van der Waals surface area contributed by atoms with E-state index in [4.69, 9.17) is 0 Å². The minimum absolute atomic E-state index is 0.842. The summed E-state index contributed by atoms with van der Waals surface area (Å²) in [6, 6.07) is 17.7. The van der Waals surface area contributed by atoms with Crippen LogP contribution in [0.25, 0.3) is 0 Å². The summed E-state index contributed by atoms with van der Waals surface area (Å²) in [5, 5.41) is 0. The predicted molar refractivity (Wildman–Crippen MR) is 81.6 cm³/mol. The van der Waals surface area contributed by atoms with Crippen LogP contribution in [0.3, 0.4) is 0 Å². The van der Waals surface area contributed by atoms with Crippen molar-refractivity contribution in [3.8, 4) is 0 Å². The van der Waals surface area contributed by atoms with Crippen molar-refractivity contribution in [3.63, 3.8) is 0 Å². The molecule has 2 aromatic rings. The molecule has 0 saturated heterocycles. The molecule has 1 aliphatic rings. The first-order valence-corrected chi connectivity index (χ1v) is 7.91. The second kappa shape index (κ2) is 5.23. The molecule has 2 nitrogen and oxygen atoms in total. The van der Waals surface area contributed by atoms with Gasteiger partial charge in [0.25, 0.3) is 0 Å². The van der Waals surface area contributed by atoms with Crippen molar-refractivity contribution < 1.29 is 4.21 Å². The van der Waals surface area contributed by atoms with Crippen LogP contribution in [0.1, 0.15) is 0 Å². The molecule has 0 saturated carbocycles. The molecule has 0 radical (unpaired) electrons. The van der Waals surface area contributed by atoms with E-state index >= 15 is 0 Å². The Hall–Kier alpha value is -1.52. The van der Waals surface area contributed by atoms with Crippen LogP contribution in [0.2, 0.25) is 0 Å². The zero-order chi connectivity index (χ0) is 13.2. The van der Waals surface area contributed by atoms with Gasteiger partial charge in [0.05, 0.1) is 20.7 Å². The molecule has 2 aromatic carbocycles. The van der Waals surface area contributed by atoms with Gasteiger partial charge in [-0.2, -0.15) is 0 Å². The van der Waals surface area contributed by atoms with E-state index in [0.29, 0.717) is 0 Å². The van der Waals surface area contributed by atoms with Crippen LogP contribution >= 0.6 is 11.8 Å². The number of rotatable bonds is 2. The minimum atomic E-state index is -1.12. The van der Waals surface area contributed by atoms with Crippen molar-refractivity contribution in [1.82, 2.24) is 0 Å². The summed E-state index contributed by atoms with van der Waals surface area (Å²) < 4.78 is 13.4. The van der Waals surface area contributed by atoms with Gasteiger partial charge >= 0.3 is 0 Å². The molecule has 96 valence electrons. The third-order valence-electron chi connectivity index (χ3n) is 2.89. The predicted octanol–water partition coefficient (Wildman–Crippen LogP) is 3.84. The van der Waals surface area contributed by atoms with Crippen LogP contribution < -0.4 is 4.90 Å². The van der Waals surface area contributed by atoms with Crippen molar-refractivity contribution in [3.05, 3.63) is 65.0 Å². The molecule has 19 heavy (non-hydrogen) atoms. The molecule has 0 spiro atoms. The maximum Gasteiger partial charge on any atom is 0.0976 e. The Bertz CT molecular complexity index is 652. The molecule has 0 amide bonds. The highest BCUT2D eigenvalue weighted by Crippen LogP contribution is 2.41. The highest BCUT2D eigenvalue weighted by atomic mass is 32.2. The van der Waals surface area contributed by atoms with Crippen LogP contribution in [0.5, 0.6) is 0 Å². The molecule has 4 heteroatoms. The largest absolute Gasteiger partial charge is 0.348 e. The van der Waals surface area contributed by atoms with Crippen molar-refractivity contribution in [2.75, 3.05) is 11.9 Å². The zero-order valence-electron chi connectivity index (χ0n) is 10.4. The first-order valence-electron chi connectivity index (χ1n) is 5.94. The minimum Gasteiger partial charge on any atom is -0.348 e. The molecule has 0 aliphatic carbocycles. The second-order valence-corrected chi connectivity index (χ2v) is 7.00. The summed E-state index contributed by atoms with van der Waals surface area (Å²) in [6.45, 7) is 0. The van der Waals surface area contributed by atoms with Crippen LogP contribution in [-0.4, -0.2) is 11.3 Å². The Labute approximate surface area is 119 Å². The number of nitrogens with zero attached hydrogens (tertiary/aromatic N) is 1. The number of para-hydroxylation sites is 1. The Morgan fingerprint density at radius 3 is 2.47 bits per heavy atom. The van der Waals surface area contributed by atoms with Gasteiger partial charge < -0.3 is 4.90 Å². The normalized spacial score (nSPS) is 15.6. The number of fused-ring (bicyclic) bond motifs is 1. The Morgan fingerprint density at radius 1 is 1.00 bits per heavy atom. The molecule has 0 bridgehead atoms. The van der Waals surface area contributed by atoms with Crippen molar-refractivity contribution in [2.24, 2.45) is 0 Å². The first kappa shape index (κ1) is 12.5. The van der Waals surface area contributed by atoms with E-state index in [1.165, 1.54) is 0 Å². The number of hydrogen-bond acceptors (Lipinski definition) is 3. The van der Waals surface area contributed by atoms with E-state index < -0.39 is 10.8 Å². The number of anilines is 1. The molecule has 0 aromatic heterocycles. The van der Waals surface area contributed by atoms with Gasteiger partial charge in [0, 0.05) is 23.0 Å². The smallest absolute Gasteiger partial charge is 0.0976 e. The van der Waals surface area contributed by atoms with Gasteiger partial charge in [-0.25, -0.2) is 4.21 Å². The molecule has 3 rings (SSSR count). The molecular formula is C15H13NOS2. The average Bonchev–Trinajstić information content (AvgIpc) is 2.47.